The van der Waals surface area contributed by atoms with Crippen LogP contribution in [0.2, 0.25) is 0 Å². The summed E-state index contributed by atoms with van der Waals surface area (Å²) in [5.74, 6) is 0.146. The van der Waals surface area contributed by atoms with Crippen LogP contribution in [0, 0.1) is 0 Å². The highest BCUT2D eigenvalue weighted by molar-refractivity contribution is 7.93. The fourth-order valence-electron chi connectivity index (χ4n) is 3.03. The molecule has 6 nitrogen and oxygen atoms in total. The van der Waals surface area contributed by atoms with E-state index in [1.54, 1.807) is 24.3 Å². The van der Waals surface area contributed by atoms with E-state index in [0.717, 1.165) is 13.1 Å². The van der Waals surface area contributed by atoms with Crippen LogP contribution >= 0.6 is 12.4 Å². The molecule has 1 aromatic carbocycles. The number of nitrogens with one attached hydrogen (secondary N) is 1. The molecule has 2 heterocycles. The number of piperazine rings is 1. The summed E-state index contributed by atoms with van der Waals surface area (Å²) in [4.78, 5) is 14.5. The number of carbonyl (C=O) groups excluding carboxylic acids is 1. The molecule has 23 heavy (non-hydrogen) atoms. The zero-order chi connectivity index (χ0) is 15.7. The molecule has 0 aliphatic carbocycles. The van der Waals surface area contributed by atoms with E-state index in [1.165, 1.54) is 4.31 Å². The Labute approximate surface area is 143 Å². The first-order chi connectivity index (χ1) is 10.5. The number of amides is 1. The van der Waals surface area contributed by atoms with Crippen LogP contribution < -0.4 is 9.62 Å². The fraction of sp³-hybridized carbons (Fsp3) is 0.533. The minimum absolute atomic E-state index is 0. The molecule has 1 aromatic rings. The van der Waals surface area contributed by atoms with Crippen LogP contribution in [0.1, 0.15) is 23.7 Å². The van der Waals surface area contributed by atoms with Crippen molar-refractivity contribution >= 4 is 34.0 Å². The van der Waals surface area contributed by atoms with E-state index < -0.39 is 10.0 Å². The molecule has 3 rings (SSSR count). The van der Waals surface area contributed by atoms with Gasteiger partial charge in [0.2, 0.25) is 10.0 Å². The third-order valence-electron chi connectivity index (χ3n) is 4.24. The van der Waals surface area contributed by atoms with Crippen LogP contribution in [-0.4, -0.2) is 57.2 Å². The van der Waals surface area contributed by atoms with Crippen LogP contribution in [0.15, 0.2) is 24.3 Å². The molecule has 2 aliphatic heterocycles. The lowest BCUT2D eigenvalue weighted by atomic mass is 10.1. The second-order valence-corrected chi connectivity index (χ2v) is 7.86. The Kier molecular flexibility index (Phi) is 5.54. The molecule has 1 N–H and O–H groups in total. The summed E-state index contributed by atoms with van der Waals surface area (Å²) < 4.78 is 25.4. The van der Waals surface area contributed by atoms with Gasteiger partial charge in [-0.3, -0.25) is 9.10 Å². The van der Waals surface area contributed by atoms with E-state index in [1.807, 2.05) is 11.8 Å². The van der Waals surface area contributed by atoms with Crippen molar-refractivity contribution in [1.82, 2.24) is 10.2 Å². The lowest BCUT2D eigenvalue weighted by Gasteiger charge is -2.34. The van der Waals surface area contributed by atoms with E-state index in [-0.39, 0.29) is 30.1 Å². The first-order valence-electron chi connectivity index (χ1n) is 7.61. The molecule has 2 fully saturated rings. The van der Waals surface area contributed by atoms with Crippen LogP contribution in [0.25, 0.3) is 0 Å². The number of halogens is 1. The van der Waals surface area contributed by atoms with Crippen molar-refractivity contribution in [3.8, 4) is 0 Å². The summed E-state index contributed by atoms with van der Waals surface area (Å²) in [6.45, 7) is 4.75. The molecule has 0 saturated carbocycles. The summed E-state index contributed by atoms with van der Waals surface area (Å²) in [6, 6.07) is 7.09. The number of benzene rings is 1. The molecule has 0 spiro atoms. The van der Waals surface area contributed by atoms with Crippen LogP contribution in [0.4, 0.5) is 5.69 Å². The van der Waals surface area contributed by atoms with Gasteiger partial charge in [0.25, 0.3) is 5.91 Å². The van der Waals surface area contributed by atoms with Crippen LogP contribution in [0.5, 0.6) is 0 Å². The van der Waals surface area contributed by atoms with Gasteiger partial charge in [-0.25, -0.2) is 8.42 Å². The molecule has 1 atom stereocenters. The summed E-state index contributed by atoms with van der Waals surface area (Å²) in [6.07, 6.45) is 0.634. The summed E-state index contributed by atoms with van der Waals surface area (Å²) in [5.41, 5.74) is 1.14. The highest BCUT2D eigenvalue weighted by Gasteiger charge is 2.29. The van der Waals surface area contributed by atoms with Gasteiger partial charge in [-0.2, -0.15) is 0 Å². The van der Waals surface area contributed by atoms with Gasteiger partial charge >= 0.3 is 0 Å². The standard InChI is InChI=1S/C15H21N3O3S.ClH/c1-12-11-16-6-8-17(12)15(19)13-4-2-5-14(10-13)18-7-3-9-22(18,20)21;/h2,4-5,10,12,16H,3,6-9,11H2,1H3;1H/t12-;/m0./s1. The third-order valence-corrected chi connectivity index (χ3v) is 6.11. The van der Waals surface area contributed by atoms with Crippen molar-refractivity contribution in [3.05, 3.63) is 29.8 Å². The summed E-state index contributed by atoms with van der Waals surface area (Å²) in [5, 5.41) is 3.26. The smallest absolute Gasteiger partial charge is 0.254 e. The molecule has 0 bridgehead atoms. The van der Waals surface area contributed by atoms with Gasteiger partial charge in [-0.15, -0.1) is 12.4 Å². The molecule has 1 amide bonds. The van der Waals surface area contributed by atoms with Gasteiger partial charge in [0.1, 0.15) is 0 Å². The van der Waals surface area contributed by atoms with Gasteiger partial charge in [-0.05, 0) is 31.5 Å². The highest BCUT2D eigenvalue weighted by Crippen LogP contribution is 2.25. The van der Waals surface area contributed by atoms with Gasteiger partial charge in [0.15, 0.2) is 0 Å². The molecule has 0 unspecified atom stereocenters. The molecule has 2 saturated heterocycles. The maximum absolute atomic E-state index is 12.7. The van der Waals surface area contributed by atoms with E-state index in [9.17, 15) is 13.2 Å². The maximum Gasteiger partial charge on any atom is 0.254 e. The maximum atomic E-state index is 12.7. The number of hydrogen-bond donors (Lipinski definition) is 1. The summed E-state index contributed by atoms with van der Waals surface area (Å²) >= 11 is 0. The molecular weight excluding hydrogens is 338 g/mol. The van der Waals surface area contributed by atoms with Gasteiger partial charge in [-0.1, -0.05) is 6.07 Å². The number of carbonyl (C=O) groups is 1. The number of hydrogen-bond acceptors (Lipinski definition) is 4. The predicted octanol–water partition coefficient (Wildman–Crippen LogP) is 1.08. The van der Waals surface area contributed by atoms with E-state index in [0.29, 0.717) is 30.8 Å². The monoisotopic (exact) mass is 359 g/mol. The minimum atomic E-state index is -3.22. The largest absolute Gasteiger partial charge is 0.333 e. The van der Waals surface area contributed by atoms with Gasteiger partial charge in [0, 0.05) is 37.8 Å². The van der Waals surface area contributed by atoms with Crippen molar-refractivity contribution in [2.75, 3.05) is 36.2 Å². The first-order valence-corrected chi connectivity index (χ1v) is 9.22. The molecule has 128 valence electrons. The van der Waals surface area contributed by atoms with Gasteiger partial charge < -0.3 is 10.2 Å². The molecule has 8 heteroatoms. The minimum Gasteiger partial charge on any atom is -0.333 e. The topological polar surface area (TPSA) is 69.7 Å². The molecular formula is C15H22ClN3O3S. The average Bonchev–Trinajstić information content (AvgIpc) is 2.86. The zero-order valence-electron chi connectivity index (χ0n) is 13.1. The Morgan fingerprint density at radius 3 is 2.74 bits per heavy atom. The van der Waals surface area contributed by atoms with Crippen molar-refractivity contribution in [2.45, 2.75) is 19.4 Å². The second-order valence-electron chi connectivity index (χ2n) is 5.84. The third kappa shape index (κ3) is 3.62. The van der Waals surface area contributed by atoms with Gasteiger partial charge in [0.05, 0.1) is 11.4 Å². The molecule has 2 aliphatic rings. The molecule has 0 radical (unpaired) electrons. The Morgan fingerprint density at radius 1 is 1.30 bits per heavy atom. The van der Waals surface area contributed by atoms with E-state index >= 15 is 0 Å². The lowest BCUT2D eigenvalue weighted by molar-refractivity contribution is 0.0656. The van der Waals surface area contributed by atoms with Crippen molar-refractivity contribution in [2.24, 2.45) is 0 Å². The molecule has 0 aromatic heterocycles. The van der Waals surface area contributed by atoms with Crippen molar-refractivity contribution < 1.29 is 13.2 Å². The highest BCUT2D eigenvalue weighted by atomic mass is 35.5. The van der Waals surface area contributed by atoms with Crippen molar-refractivity contribution in [3.63, 3.8) is 0 Å². The van der Waals surface area contributed by atoms with E-state index in [2.05, 4.69) is 5.32 Å². The first kappa shape index (κ1) is 18.0. The Bertz CT molecular complexity index is 680. The van der Waals surface area contributed by atoms with Crippen LogP contribution in [-0.2, 0) is 10.0 Å². The Morgan fingerprint density at radius 2 is 2.09 bits per heavy atom. The number of nitrogens with zero attached hydrogens (tertiary/aromatic N) is 2. The average molecular weight is 360 g/mol. The zero-order valence-corrected chi connectivity index (χ0v) is 14.7. The Hall–Kier alpha value is -1.31. The summed E-state index contributed by atoms with van der Waals surface area (Å²) in [7, 11) is -3.22. The van der Waals surface area contributed by atoms with E-state index in [4.69, 9.17) is 0 Å². The number of anilines is 1. The number of sulfonamides is 1. The predicted molar refractivity (Wildman–Crippen MR) is 92.8 cm³/mol. The normalized spacial score (nSPS) is 23.4. The quantitative estimate of drug-likeness (QED) is 0.858. The Balaban J connectivity index is 0.00000192. The number of rotatable bonds is 2. The van der Waals surface area contributed by atoms with Crippen LogP contribution in [0.3, 0.4) is 0 Å². The second kappa shape index (κ2) is 7.07. The van der Waals surface area contributed by atoms with Crippen molar-refractivity contribution in [1.29, 1.82) is 0 Å². The fourth-order valence-corrected chi connectivity index (χ4v) is 4.59. The SMILES string of the molecule is C[C@H]1CNCCN1C(=O)c1cccc(N2CCCS2(=O)=O)c1.Cl. The lowest BCUT2D eigenvalue weighted by Crippen LogP contribution is -2.52.